The quantitative estimate of drug-likeness (QED) is 0.836. The molecule has 3 rings (SSSR count). The van der Waals surface area contributed by atoms with Gasteiger partial charge in [0.05, 0.1) is 6.10 Å². The molecule has 2 heterocycles. The minimum absolute atomic E-state index is 0.500. The van der Waals surface area contributed by atoms with E-state index in [1.165, 1.54) is 49.0 Å². The highest BCUT2D eigenvalue weighted by atomic mass is 16.5. The van der Waals surface area contributed by atoms with E-state index >= 15 is 0 Å². The van der Waals surface area contributed by atoms with Crippen LogP contribution in [0.15, 0.2) is 18.2 Å². The van der Waals surface area contributed by atoms with Gasteiger partial charge in [-0.15, -0.1) is 0 Å². The van der Waals surface area contributed by atoms with E-state index in [0.29, 0.717) is 6.10 Å². The first-order chi connectivity index (χ1) is 9.83. The van der Waals surface area contributed by atoms with E-state index in [4.69, 9.17) is 4.74 Å². The van der Waals surface area contributed by atoms with E-state index < -0.39 is 0 Å². The summed E-state index contributed by atoms with van der Waals surface area (Å²) in [6, 6.07) is 6.93. The summed E-state index contributed by atoms with van der Waals surface area (Å²) < 4.78 is 5.65. The maximum atomic E-state index is 5.65. The highest BCUT2D eigenvalue weighted by molar-refractivity contribution is 5.56. The van der Waals surface area contributed by atoms with Gasteiger partial charge in [0.25, 0.3) is 0 Å². The minimum Gasteiger partial charge on any atom is -0.378 e. The highest BCUT2D eigenvalue weighted by Gasteiger charge is 2.15. The van der Waals surface area contributed by atoms with Crippen LogP contribution >= 0.6 is 0 Å². The lowest BCUT2D eigenvalue weighted by Crippen LogP contribution is -2.25. The Hall–Kier alpha value is -1.06. The number of benzene rings is 1. The smallest absolute Gasteiger partial charge is 0.0588 e. The zero-order chi connectivity index (χ0) is 13.8. The van der Waals surface area contributed by atoms with Gasteiger partial charge in [0.1, 0.15) is 0 Å². The monoisotopic (exact) mass is 274 g/mol. The van der Waals surface area contributed by atoms with Gasteiger partial charge in [0.2, 0.25) is 0 Å². The Kier molecular flexibility index (Phi) is 4.58. The van der Waals surface area contributed by atoms with Gasteiger partial charge >= 0.3 is 0 Å². The molecule has 0 spiro atoms. The van der Waals surface area contributed by atoms with Gasteiger partial charge in [0.15, 0.2) is 0 Å². The fourth-order valence-electron chi connectivity index (χ4n) is 3.32. The van der Waals surface area contributed by atoms with Crippen molar-refractivity contribution in [3.8, 4) is 0 Å². The standard InChI is InChI=1S/C17H26N2O/c1-19-10-2-4-15-12-14(6-7-17(15)19)13-18-9-8-16-5-3-11-20-16/h6-7,12,16,18H,2-5,8-11,13H2,1H3. The van der Waals surface area contributed by atoms with Crippen molar-refractivity contribution in [3.63, 3.8) is 0 Å². The largest absolute Gasteiger partial charge is 0.378 e. The Morgan fingerprint density at radius 2 is 2.30 bits per heavy atom. The predicted molar refractivity (Wildman–Crippen MR) is 83.3 cm³/mol. The van der Waals surface area contributed by atoms with Crippen LogP contribution in [0.1, 0.15) is 36.8 Å². The van der Waals surface area contributed by atoms with Crippen LogP contribution in [-0.4, -0.2) is 32.8 Å². The third-order valence-electron chi connectivity index (χ3n) is 4.49. The molecule has 20 heavy (non-hydrogen) atoms. The minimum atomic E-state index is 0.500. The van der Waals surface area contributed by atoms with E-state index in [1.807, 2.05) is 0 Å². The molecular weight excluding hydrogens is 248 g/mol. The number of anilines is 1. The van der Waals surface area contributed by atoms with Gasteiger partial charge in [-0.1, -0.05) is 12.1 Å². The second-order valence-corrected chi connectivity index (χ2v) is 6.09. The maximum absolute atomic E-state index is 5.65. The molecule has 1 N–H and O–H groups in total. The molecule has 0 saturated carbocycles. The molecule has 0 aromatic heterocycles. The Morgan fingerprint density at radius 1 is 1.35 bits per heavy atom. The van der Waals surface area contributed by atoms with E-state index in [2.05, 4.69) is 35.5 Å². The van der Waals surface area contributed by atoms with Crippen molar-refractivity contribution in [3.05, 3.63) is 29.3 Å². The summed E-state index contributed by atoms with van der Waals surface area (Å²) in [5.41, 5.74) is 4.34. The molecule has 1 saturated heterocycles. The summed E-state index contributed by atoms with van der Waals surface area (Å²) in [6.45, 7) is 4.18. The molecule has 0 radical (unpaired) electrons. The van der Waals surface area contributed by atoms with Crippen LogP contribution in [0.25, 0.3) is 0 Å². The molecule has 1 unspecified atom stereocenters. The summed E-state index contributed by atoms with van der Waals surface area (Å²) in [5, 5.41) is 3.55. The highest BCUT2D eigenvalue weighted by Crippen LogP contribution is 2.26. The van der Waals surface area contributed by atoms with Gasteiger partial charge in [-0.2, -0.15) is 0 Å². The van der Waals surface area contributed by atoms with Crippen molar-refractivity contribution in [2.75, 3.05) is 31.6 Å². The molecule has 1 aromatic carbocycles. The number of hydrogen-bond acceptors (Lipinski definition) is 3. The van der Waals surface area contributed by atoms with E-state index in [1.54, 1.807) is 0 Å². The molecule has 3 nitrogen and oxygen atoms in total. The average Bonchev–Trinajstić information content (AvgIpc) is 2.97. The number of fused-ring (bicyclic) bond motifs is 1. The third-order valence-corrected chi connectivity index (χ3v) is 4.49. The number of rotatable bonds is 5. The SMILES string of the molecule is CN1CCCc2cc(CNCCC3CCCO3)ccc21. The van der Waals surface area contributed by atoms with Gasteiger partial charge in [-0.25, -0.2) is 0 Å². The van der Waals surface area contributed by atoms with Crippen LogP contribution in [0.2, 0.25) is 0 Å². The Morgan fingerprint density at radius 3 is 3.15 bits per heavy atom. The van der Waals surface area contributed by atoms with Crippen molar-refractivity contribution >= 4 is 5.69 Å². The van der Waals surface area contributed by atoms with Crippen molar-refractivity contribution in [1.82, 2.24) is 5.32 Å². The molecule has 3 heteroatoms. The molecular formula is C17H26N2O. The summed E-state index contributed by atoms with van der Waals surface area (Å²) in [5.74, 6) is 0. The lowest BCUT2D eigenvalue weighted by molar-refractivity contribution is 0.104. The fraction of sp³-hybridized carbons (Fsp3) is 0.647. The molecule has 0 bridgehead atoms. The van der Waals surface area contributed by atoms with Crippen molar-refractivity contribution in [1.29, 1.82) is 0 Å². The Bertz CT molecular complexity index is 441. The molecule has 0 amide bonds. The van der Waals surface area contributed by atoms with Crippen LogP contribution in [0.5, 0.6) is 0 Å². The summed E-state index contributed by atoms with van der Waals surface area (Å²) in [4.78, 5) is 2.37. The number of ether oxygens (including phenoxy) is 1. The van der Waals surface area contributed by atoms with Gasteiger partial charge in [-0.3, -0.25) is 0 Å². The first kappa shape index (κ1) is 13.9. The zero-order valence-corrected chi connectivity index (χ0v) is 12.5. The lowest BCUT2D eigenvalue weighted by Gasteiger charge is -2.27. The zero-order valence-electron chi connectivity index (χ0n) is 12.5. The van der Waals surface area contributed by atoms with E-state index in [9.17, 15) is 0 Å². The predicted octanol–water partition coefficient (Wildman–Crippen LogP) is 2.73. The second-order valence-electron chi connectivity index (χ2n) is 6.09. The van der Waals surface area contributed by atoms with Gasteiger partial charge in [-0.05, 0) is 55.8 Å². The van der Waals surface area contributed by atoms with Crippen LogP contribution in [0, 0.1) is 0 Å². The van der Waals surface area contributed by atoms with Crippen molar-refractivity contribution < 1.29 is 4.74 Å². The molecule has 0 aliphatic carbocycles. The summed E-state index contributed by atoms with van der Waals surface area (Å²) in [7, 11) is 2.19. The van der Waals surface area contributed by atoms with E-state index in [0.717, 1.165) is 26.1 Å². The Labute approximate surface area is 122 Å². The van der Waals surface area contributed by atoms with Crippen molar-refractivity contribution in [2.45, 2.75) is 44.8 Å². The lowest BCUT2D eigenvalue weighted by atomic mass is 9.99. The molecule has 1 atom stereocenters. The number of nitrogens with zero attached hydrogens (tertiary/aromatic N) is 1. The molecule has 1 fully saturated rings. The third kappa shape index (κ3) is 3.33. The summed E-state index contributed by atoms with van der Waals surface area (Å²) >= 11 is 0. The fourth-order valence-corrected chi connectivity index (χ4v) is 3.32. The first-order valence-electron chi connectivity index (χ1n) is 7.98. The van der Waals surface area contributed by atoms with Gasteiger partial charge < -0.3 is 15.0 Å². The topological polar surface area (TPSA) is 24.5 Å². The normalized spacial score (nSPS) is 22.1. The number of aryl methyl sites for hydroxylation is 1. The number of nitrogens with one attached hydrogen (secondary N) is 1. The van der Waals surface area contributed by atoms with Gasteiger partial charge in [0, 0.05) is 32.4 Å². The van der Waals surface area contributed by atoms with E-state index in [-0.39, 0.29) is 0 Å². The Balaban J connectivity index is 1.48. The maximum Gasteiger partial charge on any atom is 0.0588 e. The number of hydrogen-bond donors (Lipinski definition) is 1. The molecule has 1 aromatic rings. The molecule has 2 aliphatic heterocycles. The van der Waals surface area contributed by atoms with Crippen LogP contribution in [0.3, 0.4) is 0 Å². The van der Waals surface area contributed by atoms with Crippen LogP contribution in [-0.2, 0) is 17.7 Å². The van der Waals surface area contributed by atoms with Crippen molar-refractivity contribution in [2.24, 2.45) is 0 Å². The second kappa shape index (κ2) is 6.59. The van der Waals surface area contributed by atoms with Crippen LogP contribution < -0.4 is 10.2 Å². The summed E-state index contributed by atoms with van der Waals surface area (Å²) in [6.07, 6.45) is 6.63. The van der Waals surface area contributed by atoms with Crippen LogP contribution in [0.4, 0.5) is 5.69 Å². The molecule has 2 aliphatic rings. The molecule has 110 valence electrons. The average molecular weight is 274 g/mol. The first-order valence-corrected chi connectivity index (χ1v) is 7.98.